The van der Waals surface area contributed by atoms with E-state index in [9.17, 15) is 23.1 Å². The van der Waals surface area contributed by atoms with E-state index in [2.05, 4.69) is 4.98 Å². The van der Waals surface area contributed by atoms with Crippen LogP contribution in [-0.4, -0.2) is 40.1 Å². The zero-order valence-corrected chi connectivity index (χ0v) is 11.2. The number of pyridine rings is 1. The van der Waals surface area contributed by atoms with Crippen molar-refractivity contribution in [1.82, 2.24) is 9.88 Å². The molecule has 1 N–H and O–H groups in total. The van der Waals surface area contributed by atoms with Crippen LogP contribution in [0.25, 0.3) is 0 Å². The zero-order chi connectivity index (χ0) is 15.2. The molecule has 1 amide bonds. The molecular weight excluding hydrogens is 285 g/mol. The predicted molar refractivity (Wildman–Crippen MR) is 67.4 cm³/mol. The number of amides is 1. The molecule has 0 aromatic carbocycles. The number of halogens is 3. The van der Waals surface area contributed by atoms with Gasteiger partial charge in [-0.15, -0.1) is 0 Å². The Hall–Kier alpha value is -1.63. The van der Waals surface area contributed by atoms with Crippen LogP contribution in [0.1, 0.15) is 28.9 Å². The average molecular weight is 300 g/mol. The van der Waals surface area contributed by atoms with Crippen LogP contribution in [0.3, 0.4) is 0 Å². The number of likely N-dealkylation sites (tertiary alicyclic amines) is 1. The smallest absolute Gasteiger partial charge is 0.393 e. The molecule has 7 heteroatoms. The molecule has 2 aliphatic rings. The number of aliphatic hydroxyl groups excluding tert-OH is 1. The number of alkyl halides is 3. The Balaban J connectivity index is 1.72. The molecule has 0 bridgehead atoms. The summed E-state index contributed by atoms with van der Waals surface area (Å²) in [4.78, 5) is 17.5. The van der Waals surface area contributed by atoms with Gasteiger partial charge in [-0.1, -0.05) is 0 Å². The molecule has 1 saturated carbocycles. The van der Waals surface area contributed by atoms with Gasteiger partial charge in [0.05, 0.1) is 11.7 Å². The van der Waals surface area contributed by atoms with Gasteiger partial charge in [-0.3, -0.25) is 9.78 Å². The standard InChI is InChI=1S/C14H15F3N2O2/c15-14(16,17)9-2-3-11(18-5-9)13(21)19-6-8-1-4-12(20)10(8)7-19/h2-3,5,8,10,12,20H,1,4,6-7H2. The highest BCUT2D eigenvalue weighted by molar-refractivity contribution is 5.92. The van der Waals surface area contributed by atoms with Crippen molar-refractivity contribution in [3.8, 4) is 0 Å². The molecule has 114 valence electrons. The summed E-state index contributed by atoms with van der Waals surface area (Å²) < 4.78 is 37.4. The first-order valence-corrected chi connectivity index (χ1v) is 6.87. The Morgan fingerprint density at radius 1 is 1.29 bits per heavy atom. The second kappa shape index (κ2) is 4.98. The number of carbonyl (C=O) groups excluding carboxylic acids is 1. The number of carbonyl (C=O) groups is 1. The summed E-state index contributed by atoms with van der Waals surface area (Å²) in [6.45, 7) is 0.997. The van der Waals surface area contributed by atoms with Gasteiger partial charge in [0.2, 0.25) is 0 Å². The largest absolute Gasteiger partial charge is 0.417 e. The molecule has 1 aliphatic heterocycles. The number of hydrogen-bond acceptors (Lipinski definition) is 3. The first-order valence-electron chi connectivity index (χ1n) is 6.87. The molecule has 2 fully saturated rings. The van der Waals surface area contributed by atoms with Crippen LogP contribution in [-0.2, 0) is 6.18 Å². The maximum Gasteiger partial charge on any atom is 0.417 e. The van der Waals surface area contributed by atoms with E-state index in [4.69, 9.17) is 0 Å². The van der Waals surface area contributed by atoms with Crippen molar-refractivity contribution < 1.29 is 23.1 Å². The van der Waals surface area contributed by atoms with E-state index in [0.29, 0.717) is 25.2 Å². The van der Waals surface area contributed by atoms with Crippen molar-refractivity contribution in [3.05, 3.63) is 29.6 Å². The minimum atomic E-state index is -4.46. The topological polar surface area (TPSA) is 53.4 Å². The van der Waals surface area contributed by atoms with E-state index in [-0.39, 0.29) is 23.6 Å². The molecular formula is C14H15F3N2O2. The van der Waals surface area contributed by atoms with Crippen LogP contribution < -0.4 is 0 Å². The van der Waals surface area contributed by atoms with E-state index in [1.807, 2.05) is 0 Å². The Bertz CT molecular complexity index is 544. The second-order valence-electron chi connectivity index (χ2n) is 5.71. The van der Waals surface area contributed by atoms with Crippen molar-refractivity contribution in [3.63, 3.8) is 0 Å². The third kappa shape index (κ3) is 2.62. The number of nitrogens with zero attached hydrogens (tertiary/aromatic N) is 2. The molecule has 0 radical (unpaired) electrons. The van der Waals surface area contributed by atoms with Gasteiger partial charge >= 0.3 is 6.18 Å². The Kier molecular flexibility index (Phi) is 3.39. The summed E-state index contributed by atoms with van der Waals surface area (Å²) in [5.74, 6) is 0.00659. The monoisotopic (exact) mass is 300 g/mol. The van der Waals surface area contributed by atoms with Crippen molar-refractivity contribution in [2.45, 2.75) is 25.1 Å². The van der Waals surface area contributed by atoms with E-state index in [1.165, 1.54) is 0 Å². The predicted octanol–water partition coefficient (Wildman–Crippen LogP) is 1.94. The van der Waals surface area contributed by atoms with Crippen LogP contribution >= 0.6 is 0 Å². The molecule has 21 heavy (non-hydrogen) atoms. The fraction of sp³-hybridized carbons (Fsp3) is 0.571. The first-order chi connectivity index (χ1) is 9.86. The van der Waals surface area contributed by atoms with E-state index in [0.717, 1.165) is 25.0 Å². The SMILES string of the molecule is O=C(c1ccc(C(F)(F)F)cn1)N1CC2CCC(O)C2C1. The second-order valence-corrected chi connectivity index (χ2v) is 5.71. The Morgan fingerprint density at radius 3 is 2.62 bits per heavy atom. The van der Waals surface area contributed by atoms with Crippen molar-refractivity contribution in [2.24, 2.45) is 11.8 Å². The minimum Gasteiger partial charge on any atom is -0.393 e. The third-order valence-corrected chi connectivity index (χ3v) is 4.42. The van der Waals surface area contributed by atoms with Gasteiger partial charge in [-0.25, -0.2) is 0 Å². The van der Waals surface area contributed by atoms with Gasteiger partial charge in [0.1, 0.15) is 5.69 Å². The van der Waals surface area contributed by atoms with E-state index in [1.54, 1.807) is 4.90 Å². The summed E-state index contributed by atoms with van der Waals surface area (Å²) >= 11 is 0. The lowest BCUT2D eigenvalue weighted by atomic mass is 10.00. The van der Waals surface area contributed by atoms with E-state index < -0.39 is 11.7 Å². The normalized spacial score (nSPS) is 28.8. The zero-order valence-electron chi connectivity index (χ0n) is 11.2. The van der Waals surface area contributed by atoms with Gasteiger partial charge in [-0.2, -0.15) is 13.2 Å². The molecule has 4 nitrogen and oxygen atoms in total. The summed E-state index contributed by atoms with van der Waals surface area (Å²) in [6.07, 6.45) is -2.51. The number of aromatic nitrogens is 1. The fourth-order valence-electron chi connectivity index (χ4n) is 3.25. The van der Waals surface area contributed by atoms with Crippen LogP contribution in [0.15, 0.2) is 18.3 Å². The highest BCUT2D eigenvalue weighted by Gasteiger charge is 2.43. The number of fused-ring (bicyclic) bond motifs is 1. The van der Waals surface area contributed by atoms with Crippen molar-refractivity contribution in [1.29, 1.82) is 0 Å². The number of hydrogen-bond donors (Lipinski definition) is 1. The molecule has 0 spiro atoms. The molecule has 2 heterocycles. The highest BCUT2D eigenvalue weighted by atomic mass is 19.4. The molecule has 1 aromatic heterocycles. The van der Waals surface area contributed by atoms with Crippen molar-refractivity contribution in [2.75, 3.05) is 13.1 Å². The summed E-state index contributed by atoms with van der Waals surface area (Å²) in [7, 11) is 0. The van der Waals surface area contributed by atoms with Crippen LogP contribution in [0.2, 0.25) is 0 Å². The van der Waals surface area contributed by atoms with Crippen LogP contribution in [0.5, 0.6) is 0 Å². The first kappa shape index (κ1) is 14.3. The van der Waals surface area contributed by atoms with Crippen molar-refractivity contribution >= 4 is 5.91 Å². The number of aliphatic hydroxyl groups is 1. The van der Waals surface area contributed by atoms with Gasteiger partial charge in [-0.05, 0) is 30.9 Å². The lowest BCUT2D eigenvalue weighted by Gasteiger charge is -2.18. The molecule has 1 aliphatic carbocycles. The van der Waals surface area contributed by atoms with Crippen LogP contribution in [0.4, 0.5) is 13.2 Å². The van der Waals surface area contributed by atoms with Gasteiger partial charge < -0.3 is 10.0 Å². The third-order valence-electron chi connectivity index (χ3n) is 4.42. The van der Waals surface area contributed by atoms with Gasteiger partial charge in [0, 0.05) is 25.2 Å². The maximum atomic E-state index is 12.5. The van der Waals surface area contributed by atoms with Gasteiger partial charge in [0.25, 0.3) is 5.91 Å². The molecule has 1 aromatic rings. The summed E-state index contributed by atoms with van der Waals surface area (Å²) in [6, 6.07) is 1.97. The maximum absolute atomic E-state index is 12.5. The molecule has 3 unspecified atom stereocenters. The molecule has 1 saturated heterocycles. The molecule has 3 rings (SSSR count). The number of rotatable bonds is 1. The molecule has 3 atom stereocenters. The Labute approximate surface area is 119 Å². The highest BCUT2D eigenvalue weighted by Crippen LogP contribution is 2.38. The fourth-order valence-corrected chi connectivity index (χ4v) is 3.25. The Morgan fingerprint density at radius 2 is 2.05 bits per heavy atom. The van der Waals surface area contributed by atoms with E-state index >= 15 is 0 Å². The van der Waals surface area contributed by atoms with Gasteiger partial charge in [0.15, 0.2) is 0 Å². The summed E-state index contributed by atoms with van der Waals surface area (Å²) in [5, 5.41) is 9.82. The lowest BCUT2D eigenvalue weighted by Crippen LogP contribution is -2.31. The average Bonchev–Trinajstić information content (AvgIpc) is 3.00. The minimum absolute atomic E-state index is 0.0115. The summed E-state index contributed by atoms with van der Waals surface area (Å²) in [5.41, 5.74) is -0.856. The van der Waals surface area contributed by atoms with Crippen LogP contribution in [0, 0.1) is 11.8 Å². The lowest BCUT2D eigenvalue weighted by molar-refractivity contribution is -0.137. The quantitative estimate of drug-likeness (QED) is 0.862.